The molecule has 156 valence electrons. The van der Waals surface area contributed by atoms with Crippen LogP contribution >= 0.6 is 11.3 Å². The third-order valence-corrected chi connectivity index (χ3v) is 5.29. The van der Waals surface area contributed by atoms with Gasteiger partial charge in [-0.3, -0.25) is 9.59 Å². The molecule has 2 aromatic rings. The summed E-state index contributed by atoms with van der Waals surface area (Å²) >= 11 is 1.22. The number of likely N-dealkylation sites (tertiary alicyclic amines) is 1. The summed E-state index contributed by atoms with van der Waals surface area (Å²) in [7, 11) is 0. The highest BCUT2D eigenvalue weighted by Crippen LogP contribution is 2.25. The molecule has 0 atom stereocenters. The monoisotopic (exact) mass is 419 g/mol. The molecule has 0 unspecified atom stereocenters. The molecule has 3 rings (SSSR count). The Kier molecular flexibility index (Phi) is 6.26. The SMILES string of the molecule is CC(C)(C)OC(=O)NC1CCN(C(=O)c2ccc(NC(=O)c3ccco3)s2)CC1. The second kappa shape index (κ2) is 8.69. The highest BCUT2D eigenvalue weighted by atomic mass is 32.1. The number of thiophene rings is 1. The predicted octanol–water partition coefficient (Wildman–Crippen LogP) is 3.72. The number of carbonyl (C=O) groups is 3. The zero-order valence-electron chi connectivity index (χ0n) is 16.7. The number of nitrogens with zero attached hydrogens (tertiary/aromatic N) is 1. The van der Waals surface area contributed by atoms with Crippen molar-refractivity contribution in [3.63, 3.8) is 0 Å². The van der Waals surface area contributed by atoms with Crippen molar-refractivity contribution in [3.05, 3.63) is 41.2 Å². The van der Waals surface area contributed by atoms with Crippen LogP contribution in [0.3, 0.4) is 0 Å². The number of piperidine rings is 1. The first-order valence-corrected chi connectivity index (χ1v) is 10.3. The highest BCUT2D eigenvalue weighted by Gasteiger charge is 2.27. The van der Waals surface area contributed by atoms with Gasteiger partial charge in [0.15, 0.2) is 5.76 Å². The lowest BCUT2D eigenvalue weighted by Gasteiger charge is -2.32. The normalized spacial score (nSPS) is 15.1. The Balaban J connectivity index is 1.49. The summed E-state index contributed by atoms with van der Waals surface area (Å²) in [5.41, 5.74) is -0.538. The van der Waals surface area contributed by atoms with Crippen LogP contribution < -0.4 is 10.6 Å². The molecule has 1 aliphatic heterocycles. The van der Waals surface area contributed by atoms with Crippen LogP contribution in [0, 0.1) is 0 Å². The van der Waals surface area contributed by atoms with Gasteiger partial charge in [-0.15, -0.1) is 11.3 Å². The first-order chi connectivity index (χ1) is 13.7. The fourth-order valence-corrected chi connectivity index (χ4v) is 3.83. The number of amides is 3. The number of rotatable bonds is 4. The van der Waals surface area contributed by atoms with Crippen LogP contribution in [0.1, 0.15) is 53.8 Å². The molecule has 1 fully saturated rings. The Morgan fingerprint density at radius 3 is 2.52 bits per heavy atom. The van der Waals surface area contributed by atoms with E-state index < -0.39 is 11.7 Å². The summed E-state index contributed by atoms with van der Waals surface area (Å²) in [5, 5.41) is 6.16. The van der Waals surface area contributed by atoms with Gasteiger partial charge in [0.1, 0.15) is 5.60 Å². The molecule has 0 saturated carbocycles. The van der Waals surface area contributed by atoms with Crippen molar-refractivity contribution in [2.75, 3.05) is 18.4 Å². The summed E-state index contributed by atoms with van der Waals surface area (Å²) in [6, 6.07) is 6.61. The predicted molar refractivity (Wildman–Crippen MR) is 109 cm³/mol. The fourth-order valence-electron chi connectivity index (χ4n) is 2.96. The van der Waals surface area contributed by atoms with E-state index >= 15 is 0 Å². The molecule has 1 aliphatic rings. The first-order valence-electron chi connectivity index (χ1n) is 9.45. The number of anilines is 1. The number of hydrogen-bond acceptors (Lipinski definition) is 6. The molecule has 3 heterocycles. The largest absolute Gasteiger partial charge is 0.459 e. The summed E-state index contributed by atoms with van der Waals surface area (Å²) in [5.74, 6) is -0.222. The van der Waals surface area contributed by atoms with Gasteiger partial charge in [0.25, 0.3) is 11.8 Å². The average Bonchev–Trinajstić information content (AvgIpc) is 3.32. The number of furan rings is 1. The molecule has 2 N–H and O–H groups in total. The minimum Gasteiger partial charge on any atom is -0.459 e. The molecule has 2 aromatic heterocycles. The van der Waals surface area contributed by atoms with Crippen LogP contribution in [0.5, 0.6) is 0 Å². The van der Waals surface area contributed by atoms with Gasteiger partial charge in [-0.05, 0) is 57.9 Å². The lowest BCUT2D eigenvalue weighted by atomic mass is 10.1. The van der Waals surface area contributed by atoms with Gasteiger partial charge in [0.2, 0.25) is 0 Å². The van der Waals surface area contributed by atoms with Crippen LogP contribution in [-0.4, -0.2) is 47.5 Å². The maximum Gasteiger partial charge on any atom is 0.407 e. The molecule has 3 amide bonds. The zero-order valence-corrected chi connectivity index (χ0v) is 17.5. The molecular formula is C20H25N3O5S. The zero-order chi connectivity index (χ0) is 21.0. The second-order valence-corrected chi connectivity index (χ2v) is 8.89. The van der Waals surface area contributed by atoms with E-state index in [9.17, 15) is 14.4 Å². The van der Waals surface area contributed by atoms with Gasteiger partial charge < -0.3 is 24.7 Å². The van der Waals surface area contributed by atoms with Crippen LogP contribution in [-0.2, 0) is 4.74 Å². The summed E-state index contributed by atoms with van der Waals surface area (Å²) in [6.45, 7) is 6.55. The maximum atomic E-state index is 12.7. The number of carbonyl (C=O) groups excluding carboxylic acids is 3. The van der Waals surface area contributed by atoms with Crippen molar-refractivity contribution < 1.29 is 23.5 Å². The van der Waals surface area contributed by atoms with Gasteiger partial charge in [-0.1, -0.05) is 0 Å². The minimum atomic E-state index is -0.538. The number of hydrogen-bond donors (Lipinski definition) is 2. The van der Waals surface area contributed by atoms with Crippen LogP contribution in [0.4, 0.5) is 9.80 Å². The van der Waals surface area contributed by atoms with Crippen molar-refractivity contribution in [1.29, 1.82) is 0 Å². The number of alkyl carbamates (subject to hydrolysis) is 1. The molecule has 0 aliphatic carbocycles. The molecule has 0 spiro atoms. The lowest BCUT2D eigenvalue weighted by Crippen LogP contribution is -2.47. The number of nitrogens with one attached hydrogen (secondary N) is 2. The Morgan fingerprint density at radius 2 is 1.90 bits per heavy atom. The van der Waals surface area contributed by atoms with E-state index in [1.54, 1.807) is 29.2 Å². The topological polar surface area (TPSA) is 101 Å². The van der Waals surface area contributed by atoms with E-state index in [4.69, 9.17) is 9.15 Å². The van der Waals surface area contributed by atoms with Gasteiger partial charge in [0.05, 0.1) is 16.1 Å². The summed E-state index contributed by atoms with van der Waals surface area (Å²) < 4.78 is 10.3. The van der Waals surface area contributed by atoms with Gasteiger partial charge in [-0.25, -0.2) is 4.79 Å². The molecule has 29 heavy (non-hydrogen) atoms. The summed E-state index contributed by atoms with van der Waals surface area (Å²) in [4.78, 5) is 39.0. The van der Waals surface area contributed by atoms with E-state index in [1.165, 1.54) is 17.6 Å². The van der Waals surface area contributed by atoms with E-state index in [-0.39, 0.29) is 23.6 Å². The average molecular weight is 420 g/mol. The highest BCUT2D eigenvalue weighted by molar-refractivity contribution is 7.18. The summed E-state index contributed by atoms with van der Waals surface area (Å²) in [6.07, 6.45) is 2.33. The fraction of sp³-hybridized carbons (Fsp3) is 0.450. The number of ether oxygens (including phenoxy) is 1. The van der Waals surface area contributed by atoms with Gasteiger partial charge >= 0.3 is 6.09 Å². The van der Waals surface area contributed by atoms with Gasteiger partial charge in [-0.2, -0.15) is 0 Å². The molecule has 9 heteroatoms. The molecule has 8 nitrogen and oxygen atoms in total. The quantitative estimate of drug-likeness (QED) is 0.787. The first kappa shape index (κ1) is 20.9. The molecule has 1 saturated heterocycles. The Bertz CT molecular complexity index is 861. The third-order valence-electron chi connectivity index (χ3n) is 4.30. The van der Waals surface area contributed by atoms with Crippen LogP contribution in [0.25, 0.3) is 0 Å². The van der Waals surface area contributed by atoms with Crippen molar-refractivity contribution in [2.24, 2.45) is 0 Å². The minimum absolute atomic E-state index is 0.0135. The maximum absolute atomic E-state index is 12.7. The Hall–Kier alpha value is -2.81. The van der Waals surface area contributed by atoms with E-state index in [2.05, 4.69) is 10.6 Å². The molecule has 0 aromatic carbocycles. The molecular weight excluding hydrogens is 394 g/mol. The van der Waals surface area contributed by atoms with Crippen molar-refractivity contribution >= 4 is 34.2 Å². The smallest absolute Gasteiger partial charge is 0.407 e. The third kappa shape index (κ3) is 5.83. The van der Waals surface area contributed by atoms with Crippen LogP contribution in [0.2, 0.25) is 0 Å². The Labute approximate surface area is 173 Å². The second-order valence-electron chi connectivity index (χ2n) is 7.81. The van der Waals surface area contributed by atoms with Crippen molar-refractivity contribution in [2.45, 2.75) is 45.3 Å². The van der Waals surface area contributed by atoms with Gasteiger partial charge in [0, 0.05) is 19.1 Å². The standard InChI is InChI=1S/C20H25N3O5S/c1-20(2,3)28-19(26)21-13-8-10-23(11-9-13)18(25)15-6-7-16(29-15)22-17(24)14-5-4-12-27-14/h4-7,12-13H,8-11H2,1-3H3,(H,21,26)(H,22,24). The Morgan fingerprint density at radius 1 is 1.17 bits per heavy atom. The van der Waals surface area contributed by atoms with E-state index in [0.29, 0.717) is 35.8 Å². The molecule has 0 bridgehead atoms. The van der Waals surface area contributed by atoms with E-state index in [0.717, 1.165) is 0 Å². The van der Waals surface area contributed by atoms with Crippen LogP contribution in [0.15, 0.2) is 34.9 Å². The molecule has 0 radical (unpaired) electrons. The van der Waals surface area contributed by atoms with Crippen molar-refractivity contribution in [1.82, 2.24) is 10.2 Å². The van der Waals surface area contributed by atoms with Crippen molar-refractivity contribution in [3.8, 4) is 0 Å². The van der Waals surface area contributed by atoms with E-state index in [1.807, 2.05) is 20.8 Å². The lowest BCUT2D eigenvalue weighted by molar-refractivity contribution is 0.0474.